The van der Waals surface area contributed by atoms with Crippen LogP contribution in [-0.2, 0) is 4.43 Å². The van der Waals surface area contributed by atoms with Crippen LogP contribution in [0.4, 0.5) is 0 Å². The first-order valence-electron chi connectivity index (χ1n) is 5.34. The van der Waals surface area contributed by atoms with Gasteiger partial charge in [0.2, 0.25) is 0 Å². The average Bonchev–Trinajstić information content (AvgIpc) is 1.93. The Hall–Kier alpha value is 0.0969. The van der Waals surface area contributed by atoms with Gasteiger partial charge in [-0.2, -0.15) is 0 Å². The molecule has 4 heteroatoms. The molecule has 0 heterocycles. The molecule has 0 spiro atoms. The first-order chi connectivity index (χ1) is 6.26. The standard InChI is InChI=1S/C10H23NO2Si/c1-10(2,3)14(4,5)13-9-6-8(7-9)11-12/h8-9,11-12H,6-7H2,1-5H3. The van der Waals surface area contributed by atoms with Gasteiger partial charge in [0.15, 0.2) is 8.32 Å². The van der Waals surface area contributed by atoms with Crippen molar-refractivity contribution in [2.45, 2.75) is 63.9 Å². The summed E-state index contributed by atoms with van der Waals surface area (Å²) in [5.74, 6) is 0. The molecule has 0 unspecified atom stereocenters. The van der Waals surface area contributed by atoms with Crippen molar-refractivity contribution in [3.8, 4) is 0 Å². The van der Waals surface area contributed by atoms with Gasteiger partial charge in [-0.3, -0.25) is 0 Å². The highest BCUT2D eigenvalue weighted by Gasteiger charge is 2.42. The third-order valence-corrected chi connectivity index (χ3v) is 8.08. The molecule has 0 aliphatic heterocycles. The van der Waals surface area contributed by atoms with Crippen LogP contribution in [0.2, 0.25) is 18.1 Å². The molecule has 1 fully saturated rings. The molecule has 0 aromatic carbocycles. The molecule has 0 aromatic rings. The lowest BCUT2D eigenvalue weighted by molar-refractivity contribution is 0.00741. The lowest BCUT2D eigenvalue weighted by Crippen LogP contribution is -2.51. The van der Waals surface area contributed by atoms with Gasteiger partial charge in [0.25, 0.3) is 0 Å². The van der Waals surface area contributed by atoms with Gasteiger partial charge in [-0.1, -0.05) is 20.8 Å². The van der Waals surface area contributed by atoms with Crippen molar-refractivity contribution < 1.29 is 9.63 Å². The largest absolute Gasteiger partial charge is 0.414 e. The summed E-state index contributed by atoms with van der Waals surface area (Å²) < 4.78 is 6.16. The summed E-state index contributed by atoms with van der Waals surface area (Å²) in [6, 6.07) is 0.254. The second-order valence-electron chi connectivity index (χ2n) is 5.80. The molecule has 84 valence electrons. The van der Waals surface area contributed by atoms with Gasteiger partial charge in [-0.05, 0) is 31.0 Å². The molecule has 1 aliphatic carbocycles. The number of rotatable bonds is 3. The van der Waals surface area contributed by atoms with E-state index in [1.54, 1.807) is 0 Å². The lowest BCUT2D eigenvalue weighted by atomic mass is 9.90. The van der Waals surface area contributed by atoms with Crippen molar-refractivity contribution in [3.05, 3.63) is 0 Å². The lowest BCUT2D eigenvalue weighted by Gasteiger charge is -2.44. The molecule has 0 atom stereocenters. The molecule has 1 saturated carbocycles. The highest BCUT2D eigenvalue weighted by molar-refractivity contribution is 6.74. The van der Waals surface area contributed by atoms with Crippen molar-refractivity contribution in [2.24, 2.45) is 0 Å². The fourth-order valence-electron chi connectivity index (χ4n) is 1.36. The van der Waals surface area contributed by atoms with Crippen LogP contribution >= 0.6 is 0 Å². The predicted molar refractivity (Wildman–Crippen MR) is 60.0 cm³/mol. The zero-order valence-electron chi connectivity index (χ0n) is 9.92. The van der Waals surface area contributed by atoms with Crippen molar-refractivity contribution in [1.29, 1.82) is 0 Å². The van der Waals surface area contributed by atoms with E-state index in [9.17, 15) is 0 Å². The topological polar surface area (TPSA) is 41.5 Å². The smallest absolute Gasteiger partial charge is 0.192 e. The van der Waals surface area contributed by atoms with E-state index in [0.29, 0.717) is 6.10 Å². The van der Waals surface area contributed by atoms with Gasteiger partial charge < -0.3 is 9.63 Å². The Morgan fingerprint density at radius 3 is 2.14 bits per heavy atom. The minimum absolute atomic E-state index is 0.254. The van der Waals surface area contributed by atoms with Gasteiger partial charge in [-0.25, -0.2) is 5.48 Å². The molecule has 1 rings (SSSR count). The molecule has 0 aromatic heterocycles. The highest BCUT2D eigenvalue weighted by atomic mass is 28.4. The minimum Gasteiger partial charge on any atom is -0.414 e. The highest BCUT2D eigenvalue weighted by Crippen LogP contribution is 2.39. The molecule has 0 bridgehead atoms. The fourth-order valence-corrected chi connectivity index (χ4v) is 2.74. The first kappa shape index (κ1) is 12.2. The van der Waals surface area contributed by atoms with E-state index in [4.69, 9.17) is 9.63 Å². The summed E-state index contributed by atoms with van der Waals surface area (Å²) in [6.45, 7) is 11.3. The minimum atomic E-state index is -1.59. The van der Waals surface area contributed by atoms with Crippen LogP contribution in [-0.4, -0.2) is 25.7 Å². The van der Waals surface area contributed by atoms with Gasteiger partial charge in [0, 0.05) is 12.1 Å². The number of hydrogen-bond donors (Lipinski definition) is 2. The molecule has 14 heavy (non-hydrogen) atoms. The molecular weight excluding hydrogens is 194 g/mol. The number of hydroxylamine groups is 1. The van der Waals surface area contributed by atoms with Crippen LogP contribution < -0.4 is 5.48 Å². The number of hydrogen-bond acceptors (Lipinski definition) is 3. The van der Waals surface area contributed by atoms with Crippen molar-refractivity contribution in [2.75, 3.05) is 0 Å². The van der Waals surface area contributed by atoms with Gasteiger partial charge in [0.1, 0.15) is 0 Å². The molecule has 2 N–H and O–H groups in total. The maximum atomic E-state index is 8.67. The van der Waals surface area contributed by atoms with Crippen LogP contribution in [0.3, 0.4) is 0 Å². The van der Waals surface area contributed by atoms with Crippen LogP contribution in [0.5, 0.6) is 0 Å². The summed E-state index contributed by atoms with van der Waals surface area (Å²) in [6.07, 6.45) is 2.26. The van der Waals surface area contributed by atoms with E-state index in [0.717, 1.165) is 12.8 Å². The Bertz CT molecular complexity index is 195. The second-order valence-corrected chi connectivity index (χ2v) is 10.6. The van der Waals surface area contributed by atoms with Crippen LogP contribution in [0.1, 0.15) is 33.6 Å². The maximum absolute atomic E-state index is 8.67. The zero-order chi connectivity index (χ0) is 11.0. The summed E-state index contributed by atoms with van der Waals surface area (Å²) in [7, 11) is -1.59. The summed E-state index contributed by atoms with van der Waals surface area (Å²) in [5, 5.41) is 8.95. The summed E-state index contributed by atoms with van der Waals surface area (Å²) >= 11 is 0. The fraction of sp³-hybridized carbons (Fsp3) is 1.00. The first-order valence-corrected chi connectivity index (χ1v) is 8.24. The monoisotopic (exact) mass is 217 g/mol. The van der Waals surface area contributed by atoms with E-state index in [1.165, 1.54) is 0 Å². The molecular formula is C10H23NO2Si. The SMILES string of the molecule is CC(C)(C)[Si](C)(C)OC1CC(NO)C1. The predicted octanol–water partition coefficient (Wildman–Crippen LogP) is 2.52. The summed E-state index contributed by atoms with van der Waals surface area (Å²) in [5.41, 5.74) is 2.29. The third-order valence-electron chi connectivity index (χ3n) is 3.54. The van der Waals surface area contributed by atoms with Crippen molar-refractivity contribution in [3.63, 3.8) is 0 Å². The second kappa shape index (κ2) is 3.93. The van der Waals surface area contributed by atoms with Crippen LogP contribution in [0, 0.1) is 0 Å². The Balaban J connectivity index is 2.38. The van der Waals surface area contributed by atoms with Gasteiger partial charge >= 0.3 is 0 Å². The van der Waals surface area contributed by atoms with Crippen molar-refractivity contribution in [1.82, 2.24) is 5.48 Å². The van der Waals surface area contributed by atoms with Crippen LogP contribution in [0.15, 0.2) is 0 Å². The average molecular weight is 217 g/mol. The third kappa shape index (κ3) is 2.57. The quantitative estimate of drug-likeness (QED) is 0.564. The molecule has 1 aliphatic rings. The normalized spacial score (nSPS) is 28.7. The van der Waals surface area contributed by atoms with E-state index in [1.807, 2.05) is 0 Å². The van der Waals surface area contributed by atoms with Crippen molar-refractivity contribution >= 4 is 8.32 Å². The van der Waals surface area contributed by atoms with Crippen LogP contribution in [0.25, 0.3) is 0 Å². The Labute approximate surface area is 87.9 Å². The number of nitrogens with one attached hydrogen (secondary N) is 1. The van der Waals surface area contributed by atoms with E-state index in [-0.39, 0.29) is 11.1 Å². The van der Waals surface area contributed by atoms with Gasteiger partial charge in [-0.15, -0.1) is 0 Å². The molecule has 3 nitrogen and oxygen atoms in total. The molecule has 0 amide bonds. The van der Waals surface area contributed by atoms with E-state index in [2.05, 4.69) is 39.3 Å². The summed E-state index contributed by atoms with van der Waals surface area (Å²) in [4.78, 5) is 0. The Kier molecular flexibility index (Phi) is 3.41. The van der Waals surface area contributed by atoms with Gasteiger partial charge in [0.05, 0.1) is 0 Å². The Morgan fingerprint density at radius 2 is 1.79 bits per heavy atom. The van der Waals surface area contributed by atoms with E-state index < -0.39 is 8.32 Å². The maximum Gasteiger partial charge on any atom is 0.192 e. The molecule has 0 saturated heterocycles. The zero-order valence-corrected chi connectivity index (χ0v) is 10.9. The molecule has 0 radical (unpaired) electrons. The Morgan fingerprint density at radius 1 is 1.29 bits per heavy atom. The van der Waals surface area contributed by atoms with E-state index >= 15 is 0 Å².